The first-order chi connectivity index (χ1) is 12.5. The third-order valence-electron chi connectivity index (χ3n) is 4.62. The van der Waals surface area contributed by atoms with E-state index in [-0.39, 0.29) is 11.9 Å². The summed E-state index contributed by atoms with van der Waals surface area (Å²) in [5.41, 5.74) is 3.43. The standard InChI is InChI=1S/C20H25ClN4O/c1-14(2)6-9-25-10-7-17(8-11-25)22-20(26)19-13-18(23-24-19)15-4-3-5-16(21)12-15/h3-6,12-13,17H,7-11H2,1-2H3,(H,22,26)(H,23,24). The highest BCUT2D eigenvalue weighted by molar-refractivity contribution is 6.30. The van der Waals surface area contributed by atoms with Gasteiger partial charge in [-0.3, -0.25) is 14.8 Å². The number of likely N-dealkylation sites (tertiary alicyclic amines) is 1. The molecule has 0 saturated carbocycles. The van der Waals surface area contributed by atoms with Crippen molar-refractivity contribution in [3.63, 3.8) is 0 Å². The van der Waals surface area contributed by atoms with Gasteiger partial charge in [-0.1, -0.05) is 35.4 Å². The fourth-order valence-electron chi connectivity index (χ4n) is 3.07. The molecular formula is C20H25ClN4O. The molecule has 1 aromatic carbocycles. The number of hydrogen-bond acceptors (Lipinski definition) is 3. The molecule has 2 aromatic rings. The number of nitrogens with zero attached hydrogens (tertiary/aromatic N) is 2. The fourth-order valence-corrected chi connectivity index (χ4v) is 3.26. The highest BCUT2D eigenvalue weighted by atomic mass is 35.5. The van der Waals surface area contributed by atoms with E-state index in [2.05, 4.69) is 40.3 Å². The Labute approximate surface area is 159 Å². The number of nitrogens with one attached hydrogen (secondary N) is 2. The van der Waals surface area contributed by atoms with E-state index in [1.807, 2.05) is 24.3 Å². The van der Waals surface area contributed by atoms with Crippen molar-refractivity contribution < 1.29 is 4.79 Å². The van der Waals surface area contributed by atoms with E-state index in [1.54, 1.807) is 6.07 Å². The van der Waals surface area contributed by atoms with Gasteiger partial charge in [0, 0.05) is 36.3 Å². The van der Waals surface area contributed by atoms with Crippen LogP contribution in [0, 0.1) is 0 Å². The van der Waals surface area contributed by atoms with Crippen molar-refractivity contribution in [2.75, 3.05) is 19.6 Å². The maximum Gasteiger partial charge on any atom is 0.269 e. The van der Waals surface area contributed by atoms with Crippen LogP contribution in [0.4, 0.5) is 0 Å². The van der Waals surface area contributed by atoms with Crippen LogP contribution in [0.15, 0.2) is 42.0 Å². The summed E-state index contributed by atoms with van der Waals surface area (Å²) in [6, 6.07) is 9.42. The molecule has 1 aliphatic heterocycles. The van der Waals surface area contributed by atoms with E-state index < -0.39 is 0 Å². The molecule has 26 heavy (non-hydrogen) atoms. The number of halogens is 1. The van der Waals surface area contributed by atoms with Gasteiger partial charge in [0.25, 0.3) is 5.91 Å². The Bertz CT molecular complexity index is 787. The van der Waals surface area contributed by atoms with Crippen molar-refractivity contribution in [1.82, 2.24) is 20.4 Å². The van der Waals surface area contributed by atoms with Crippen molar-refractivity contribution in [3.8, 4) is 11.3 Å². The monoisotopic (exact) mass is 372 g/mol. The van der Waals surface area contributed by atoms with Crippen LogP contribution in [-0.4, -0.2) is 46.7 Å². The van der Waals surface area contributed by atoms with Gasteiger partial charge in [0.15, 0.2) is 0 Å². The van der Waals surface area contributed by atoms with Crippen molar-refractivity contribution in [2.24, 2.45) is 0 Å². The average Bonchev–Trinajstić information content (AvgIpc) is 3.11. The lowest BCUT2D eigenvalue weighted by atomic mass is 10.0. The number of rotatable bonds is 5. The minimum absolute atomic E-state index is 0.103. The van der Waals surface area contributed by atoms with E-state index in [0.29, 0.717) is 16.4 Å². The Kier molecular flexibility index (Phi) is 6.12. The molecule has 1 amide bonds. The second kappa shape index (κ2) is 8.52. The van der Waals surface area contributed by atoms with Crippen molar-refractivity contribution >= 4 is 17.5 Å². The summed E-state index contributed by atoms with van der Waals surface area (Å²) >= 11 is 6.02. The number of aromatic amines is 1. The number of allylic oxidation sites excluding steroid dienone is 1. The Morgan fingerprint density at radius 3 is 2.81 bits per heavy atom. The number of piperidine rings is 1. The molecule has 0 spiro atoms. The number of amides is 1. The van der Waals surface area contributed by atoms with Gasteiger partial charge in [-0.2, -0.15) is 5.10 Å². The van der Waals surface area contributed by atoms with Gasteiger partial charge in [-0.15, -0.1) is 0 Å². The van der Waals surface area contributed by atoms with Crippen LogP contribution in [0.25, 0.3) is 11.3 Å². The summed E-state index contributed by atoms with van der Waals surface area (Å²) in [7, 11) is 0. The third kappa shape index (κ3) is 4.96. The summed E-state index contributed by atoms with van der Waals surface area (Å²) < 4.78 is 0. The molecule has 0 radical (unpaired) electrons. The largest absolute Gasteiger partial charge is 0.348 e. The van der Waals surface area contributed by atoms with E-state index in [0.717, 1.165) is 38.0 Å². The van der Waals surface area contributed by atoms with Gasteiger partial charge in [0.2, 0.25) is 0 Å². The van der Waals surface area contributed by atoms with Crippen LogP contribution in [-0.2, 0) is 0 Å². The van der Waals surface area contributed by atoms with Crippen molar-refractivity contribution in [1.29, 1.82) is 0 Å². The van der Waals surface area contributed by atoms with Gasteiger partial charge in [0.05, 0.1) is 5.69 Å². The lowest BCUT2D eigenvalue weighted by Gasteiger charge is -2.31. The summed E-state index contributed by atoms with van der Waals surface area (Å²) in [5.74, 6) is -0.103. The molecule has 1 aromatic heterocycles. The lowest BCUT2D eigenvalue weighted by molar-refractivity contribution is 0.0909. The second-order valence-corrected chi connectivity index (χ2v) is 7.44. The van der Waals surface area contributed by atoms with Gasteiger partial charge in [-0.05, 0) is 44.9 Å². The molecule has 5 nitrogen and oxygen atoms in total. The minimum atomic E-state index is -0.103. The zero-order chi connectivity index (χ0) is 18.5. The number of carbonyl (C=O) groups is 1. The predicted molar refractivity (Wildman–Crippen MR) is 105 cm³/mol. The van der Waals surface area contributed by atoms with Crippen LogP contribution in [0.1, 0.15) is 37.2 Å². The maximum absolute atomic E-state index is 12.5. The van der Waals surface area contributed by atoms with Gasteiger partial charge < -0.3 is 5.32 Å². The zero-order valence-electron chi connectivity index (χ0n) is 15.3. The van der Waals surface area contributed by atoms with Gasteiger partial charge in [-0.25, -0.2) is 0 Å². The molecule has 2 N–H and O–H groups in total. The molecular weight excluding hydrogens is 348 g/mol. The number of hydrogen-bond donors (Lipinski definition) is 2. The van der Waals surface area contributed by atoms with Gasteiger partial charge >= 0.3 is 0 Å². The molecule has 0 bridgehead atoms. The maximum atomic E-state index is 12.5. The molecule has 0 atom stereocenters. The zero-order valence-corrected chi connectivity index (χ0v) is 16.0. The summed E-state index contributed by atoms with van der Waals surface area (Å²) in [4.78, 5) is 14.9. The van der Waals surface area contributed by atoms with E-state index in [4.69, 9.17) is 11.6 Å². The van der Waals surface area contributed by atoms with E-state index in [1.165, 1.54) is 5.57 Å². The Morgan fingerprint density at radius 1 is 1.35 bits per heavy atom. The first-order valence-electron chi connectivity index (χ1n) is 8.99. The Hall–Kier alpha value is -2.11. The average molecular weight is 373 g/mol. The molecule has 3 rings (SSSR count). The number of carbonyl (C=O) groups excluding carboxylic acids is 1. The third-order valence-corrected chi connectivity index (χ3v) is 4.86. The normalized spacial score (nSPS) is 15.7. The smallest absolute Gasteiger partial charge is 0.269 e. The Balaban J connectivity index is 1.54. The molecule has 6 heteroatoms. The van der Waals surface area contributed by atoms with Gasteiger partial charge in [0.1, 0.15) is 5.69 Å². The first-order valence-corrected chi connectivity index (χ1v) is 9.37. The van der Waals surface area contributed by atoms with Crippen molar-refractivity contribution in [2.45, 2.75) is 32.7 Å². The molecule has 1 fully saturated rings. The van der Waals surface area contributed by atoms with Crippen LogP contribution in [0.2, 0.25) is 5.02 Å². The number of H-pyrrole nitrogens is 1. The predicted octanol–water partition coefficient (Wildman–Crippen LogP) is 3.89. The fraction of sp³-hybridized carbons (Fsp3) is 0.400. The molecule has 2 heterocycles. The van der Waals surface area contributed by atoms with Crippen LogP contribution >= 0.6 is 11.6 Å². The highest BCUT2D eigenvalue weighted by Gasteiger charge is 2.21. The van der Waals surface area contributed by atoms with Crippen LogP contribution < -0.4 is 5.32 Å². The van der Waals surface area contributed by atoms with Crippen molar-refractivity contribution in [3.05, 3.63) is 52.7 Å². The number of benzene rings is 1. The highest BCUT2D eigenvalue weighted by Crippen LogP contribution is 2.21. The molecule has 1 aliphatic rings. The summed E-state index contributed by atoms with van der Waals surface area (Å²) in [6.07, 6.45) is 4.19. The molecule has 0 aliphatic carbocycles. The molecule has 1 saturated heterocycles. The van der Waals surface area contributed by atoms with Crippen LogP contribution in [0.3, 0.4) is 0 Å². The first kappa shape index (κ1) is 18.7. The molecule has 138 valence electrons. The summed E-state index contributed by atoms with van der Waals surface area (Å²) in [6.45, 7) is 7.24. The topological polar surface area (TPSA) is 61.0 Å². The summed E-state index contributed by atoms with van der Waals surface area (Å²) in [5, 5.41) is 10.8. The van der Waals surface area contributed by atoms with E-state index in [9.17, 15) is 4.79 Å². The quantitative estimate of drug-likeness (QED) is 0.783. The Morgan fingerprint density at radius 2 is 2.12 bits per heavy atom. The lowest BCUT2D eigenvalue weighted by Crippen LogP contribution is -2.44. The molecule has 0 unspecified atom stereocenters. The van der Waals surface area contributed by atoms with Crippen LogP contribution in [0.5, 0.6) is 0 Å². The SMILES string of the molecule is CC(C)=CCN1CCC(NC(=O)c2cc(-c3cccc(Cl)c3)n[nH]2)CC1. The minimum Gasteiger partial charge on any atom is -0.348 e. The number of aromatic nitrogens is 2. The second-order valence-electron chi connectivity index (χ2n) is 7.01. The van der Waals surface area contributed by atoms with E-state index >= 15 is 0 Å².